The van der Waals surface area contributed by atoms with Crippen LogP contribution >= 0.6 is 0 Å². The molecule has 2 aliphatic heterocycles. The van der Waals surface area contributed by atoms with Gasteiger partial charge in [0.1, 0.15) is 5.82 Å². The molecular formula is C29H31N5O2. The molecule has 1 saturated heterocycles. The maximum Gasteiger partial charge on any atom is 0.254 e. The summed E-state index contributed by atoms with van der Waals surface area (Å²) in [7, 11) is 0. The van der Waals surface area contributed by atoms with Crippen molar-refractivity contribution in [2.75, 3.05) is 19.6 Å². The summed E-state index contributed by atoms with van der Waals surface area (Å²) in [6, 6.07) is 13.7. The van der Waals surface area contributed by atoms with Gasteiger partial charge in [0.2, 0.25) is 0 Å². The smallest absolute Gasteiger partial charge is 0.254 e. The summed E-state index contributed by atoms with van der Waals surface area (Å²) in [5, 5.41) is 3.04. The number of amides is 2. The van der Waals surface area contributed by atoms with Crippen molar-refractivity contribution in [2.24, 2.45) is 0 Å². The zero-order chi connectivity index (χ0) is 25.2. The maximum absolute atomic E-state index is 13.6. The van der Waals surface area contributed by atoms with E-state index in [4.69, 9.17) is 0 Å². The lowest BCUT2D eigenvalue weighted by molar-refractivity contribution is 0.0608. The van der Waals surface area contributed by atoms with Crippen molar-refractivity contribution in [3.05, 3.63) is 95.2 Å². The van der Waals surface area contributed by atoms with Gasteiger partial charge < -0.3 is 15.1 Å². The molecule has 2 aromatic carbocycles. The first-order valence-corrected chi connectivity index (χ1v) is 12.4. The lowest BCUT2D eigenvalue weighted by Crippen LogP contribution is -2.51. The van der Waals surface area contributed by atoms with Crippen molar-refractivity contribution in [2.45, 2.75) is 39.3 Å². The van der Waals surface area contributed by atoms with Crippen molar-refractivity contribution >= 4 is 11.8 Å². The Morgan fingerprint density at radius 2 is 1.69 bits per heavy atom. The van der Waals surface area contributed by atoms with Crippen molar-refractivity contribution in [1.29, 1.82) is 0 Å². The lowest BCUT2D eigenvalue weighted by Gasteiger charge is -2.38. The zero-order valence-corrected chi connectivity index (χ0v) is 20.9. The van der Waals surface area contributed by atoms with E-state index >= 15 is 0 Å². The molecule has 1 N–H and O–H groups in total. The van der Waals surface area contributed by atoms with Gasteiger partial charge in [-0.3, -0.25) is 9.59 Å². The molecule has 0 bridgehead atoms. The van der Waals surface area contributed by atoms with Crippen LogP contribution in [0.15, 0.2) is 67.1 Å². The van der Waals surface area contributed by atoms with E-state index in [0.29, 0.717) is 36.1 Å². The molecule has 5 rings (SSSR count). The first kappa shape index (κ1) is 23.7. The first-order chi connectivity index (χ1) is 17.4. The van der Waals surface area contributed by atoms with Gasteiger partial charge in [-0.2, -0.15) is 0 Å². The standard InChI is InChI=1S/C29H31N5O2/c1-19-6-8-22(9-7-19)23-13-24(28(35)32-20(2)26-16-30-21(3)31-17-26)15-25(14-23)29(36)34-12-11-33-10-4-5-27(33)18-34/h4,6-10,13-17,20,27H,5,11-12,18H2,1-3H3,(H,32,35)/t20-,27?/m1/s1. The van der Waals surface area contributed by atoms with E-state index in [-0.39, 0.29) is 17.9 Å². The SMILES string of the molecule is Cc1ccc(-c2cc(C(=O)N[C@H](C)c3cnc(C)nc3)cc(C(=O)N3CCN4C=CCC4C3)c2)cc1. The van der Waals surface area contributed by atoms with Crippen molar-refractivity contribution in [3.8, 4) is 11.1 Å². The number of piperazine rings is 1. The fourth-order valence-corrected chi connectivity index (χ4v) is 4.78. The second kappa shape index (κ2) is 9.93. The molecular weight excluding hydrogens is 450 g/mol. The van der Waals surface area contributed by atoms with Crippen LogP contribution in [0.25, 0.3) is 11.1 Å². The van der Waals surface area contributed by atoms with Crippen molar-refractivity contribution < 1.29 is 9.59 Å². The molecule has 0 aliphatic carbocycles. The number of carbonyl (C=O) groups is 2. The lowest BCUT2D eigenvalue weighted by atomic mass is 9.97. The van der Waals surface area contributed by atoms with Gasteiger partial charge in [-0.1, -0.05) is 35.9 Å². The number of benzene rings is 2. The third-order valence-electron chi connectivity index (χ3n) is 7.00. The average Bonchev–Trinajstić information content (AvgIpc) is 3.37. The van der Waals surface area contributed by atoms with Crippen LogP contribution in [-0.4, -0.2) is 57.3 Å². The number of carbonyl (C=O) groups excluding carboxylic acids is 2. The summed E-state index contributed by atoms with van der Waals surface area (Å²) < 4.78 is 0. The third-order valence-corrected chi connectivity index (χ3v) is 7.00. The monoisotopic (exact) mass is 481 g/mol. The number of hydrogen-bond donors (Lipinski definition) is 1. The molecule has 2 aliphatic rings. The van der Waals surface area contributed by atoms with E-state index in [1.54, 1.807) is 18.5 Å². The van der Waals surface area contributed by atoms with Crippen molar-refractivity contribution in [3.63, 3.8) is 0 Å². The highest BCUT2D eigenvalue weighted by molar-refractivity contribution is 6.01. The quantitative estimate of drug-likeness (QED) is 0.588. The topological polar surface area (TPSA) is 78.4 Å². The second-order valence-electron chi connectivity index (χ2n) is 9.69. The summed E-state index contributed by atoms with van der Waals surface area (Å²) in [5.41, 5.74) is 4.78. The Labute approximate surface area is 211 Å². The Morgan fingerprint density at radius 3 is 2.44 bits per heavy atom. The van der Waals surface area contributed by atoms with Crippen molar-refractivity contribution in [1.82, 2.24) is 25.1 Å². The van der Waals surface area contributed by atoms with Crippen LogP contribution in [0.3, 0.4) is 0 Å². The Balaban J connectivity index is 1.44. The van der Waals surface area contributed by atoms with Gasteiger partial charge in [-0.05, 0) is 62.7 Å². The molecule has 2 atom stereocenters. The van der Waals surface area contributed by atoms with Crippen LogP contribution in [0, 0.1) is 13.8 Å². The van der Waals surface area contributed by atoms with E-state index in [0.717, 1.165) is 35.2 Å². The fourth-order valence-electron chi connectivity index (χ4n) is 4.78. The van der Waals surface area contributed by atoms with Gasteiger partial charge in [-0.15, -0.1) is 0 Å². The van der Waals surface area contributed by atoms with Gasteiger partial charge in [0.25, 0.3) is 11.8 Å². The highest BCUT2D eigenvalue weighted by Gasteiger charge is 2.30. The fraction of sp³-hybridized carbons (Fsp3) is 0.310. The Kier molecular flexibility index (Phi) is 6.55. The molecule has 7 heteroatoms. The zero-order valence-electron chi connectivity index (χ0n) is 20.9. The summed E-state index contributed by atoms with van der Waals surface area (Å²) in [6.07, 6.45) is 8.71. The first-order valence-electron chi connectivity index (χ1n) is 12.4. The summed E-state index contributed by atoms with van der Waals surface area (Å²) in [6.45, 7) is 7.94. The molecule has 1 fully saturated rings. The average molecular weight is 482 g/mol. The van der Waals surface area contributed by atoms with Crippen LogP contribution < -0.4 is 5.32 Å². The van der Waals surface area contributed by atoms with Crippen LogP contribution in [0.1, 0.15) is 57.1 Å². The largest absolute Gasteiger partial charge is 0.371 e. The van der Waals surface area contributed by atoms with Crippen LogP contribution in [0.2, 0.25) is 0 Å². The van der Waals surface area contributed by atoms with Gasteiger partial charge in [0.05, 0.1) is 6.04 Å². The van der Waals surface area contributed by atoms with E-state index in [9.17, 15) is 9.59 Å². The summed E-state index contributed by atoms with van der Waals surface area (Å²) in [5.74, 6) is 0.404. The minimum atomic E-state index is -0.275. The van der Waals surface area contributed by atoms with Gasteiger partial charge in [0.15, 0.2) is 0 Å². The predicted octanol–water partition coefficient (Wildman–Crippen LogP) is 4.30. The molecule has 36 heavy (non-hydrogen) atoms. The molecule has 3 heterocycles. The summed E-state index contributed by atoms with van der Waals surface area (Å²) in [4.78, 5) is 39.6. The molecule has 0 saturated carbocycles. The molecule has 2 amide bonds. The second-order valence-corrected chi connectivity index (χ2v) is 9.69. The molecule has 7 nitrogen and oxygen atoms in total. The molecule has 1 unspecified atom stereocenters. The van der Waals surface area contributed by atoms with Crippen LogP contribution in [0.4, 0.5) is 0 Å². The molecule has 1 aromatic heterocycles. The van der Waals surface area contributed by atoms with E-state index in [1.165, 1.54) is 0 Å². The number of nitrogens with one attached hydrogen (secondary N) is 1. The van der Waals surface area contributed by atoms with Crippen LogP contribution in [-0.2, 0) is 0 Å². The van der Waals surface area contributed by atoms with Gasteiger partial charge >= 0.3 is 0 Å². The number of fused-ring (bicyclic) bond motifs is 1. The molecule has 0 radical (unpaired) electrons. The van der Waals surface area contributed by atoms with E-state index < -0.39 is 0 Å². The molecule has 3 aromatic rings. The Hall–Kier alpha value is -4.00. The highest BCUT2D eigenvalue weighted by Crippen LogP contribution is 2.26. The van der Waals surface area contributed by atoms with E-state index in [2.05, 4.69) is 32.5 Å². The predicted molar refractivity (Wildman–Crippen MR) is 139 cm³/mol. The number of aryl methyl sites for hydroxylation is 2. The molecule has 0 spiro atoms. The number of aromatic nitrogens is 2. The summed E-state index contributed by atoms with van der Waals surface area (Å²) >= 11 is 0. The normalized spacial score (nSPS) is 17.6. The van der Waals surface area contributed by atoms with E-state index in [1.807, 2.05) is 62.1 Å². The Morgan fingerprint density at radius 1 is 0.972 bits per heavy atom. The minimum absolute atomic E-state index is 0.0375. The highest BCUT2D eigenvalue weighted by atomic mass is 16.2. The van der Waals surface area contributed by atoms with Gasteiger partial charge in [0, 0.05) is 54.8 Å². The number of nitrogens with zero attached hydrogens (tertiary/aromatic N) is 4. The molecule has 184 valence electrons. The third kappa shape index (κ3) is 5.00. The number of hydrogen-bond acceptors (Lipinski definition) is 5. The number of rotatable bonds is 5. The van der Waals surface area contributed by atoms with Gasteiger partial charge in [-0.25, -0.2) is 9.97 Å². The minimum Gasteiger partial charge on any atom is -0.371 e. The maximum atomic E-state index is 13.6. The van der Waals surface area contributed by atoms with Crippen LogP contribution in [0.5, 0.6) is 0 Å². The Bertz CT molecular complexity index is 1300.